The zero-order valence-electron chi connectivity index (χ0n) is 52.8. The molecule has 0 bridgehead atoms. The zero-order chi connectivity index (χ0) is 57.8. The molecule has 0 N–H and O–H groups in total. The molecule has 0 saturated carbocycles. The normalized spacial score (nSPS) is 12.7. The number of hydrogen-bond acceptors (Lipinski definition) is 6. The summed E-state index contributed by atoms with van der Waals surface area (Å²) in [5.41, 5.74) is 0. The maximum absolute atomic E-state index is 12.9. The van der Waals surface area contributed by atoms with E-state index >= 15 is 0 Å². The molecule has 1 atom stereocenters. The molecule has 0 saturated heterocycles. The Morgan fingerprint density at radius 3 is 0.875 bits per heavy atom. The fraction of sp³-hybridized carbons (Fsp3) is 0.743. The van der Waals surface area contributed by atoms with Crippen LogP contribution in [-0.2, 0) is 28.6 Å². The second-order valence-electron chi connectivity index (χ2n) is 22.7. The van der Waals surface area contributed by atoms with Gasteiger partial charge in [0.2, 0.25) is 0 Å². The van der Waals surface area contributed by atoms with Crippen LogP contribution in [0.15, 0.2) is 97.2 Å². The molecule has 0 aliphatic rings. The minimum atomic E-state index is -0.817. The highest BCUT2D eigenvalue weighted by molar-refractivity contribution is 5.72. The van der Waals surface area contributed by atoms with Crippen molar-refractivity contribution in [1.82, 2.24) is 0 Å². The zero-order valence-corrected chi connectivity index (χ0v) is 52.8. The highest BCUT2D eigenvalue weighted by atomic mass is 16.6. The van der Waals surface area contributed by atoms with Crippen molar-refractivity contribution >= 4 is 17.9 Å². The van der Waals surface area contributed by atoms with Crippen LogP contribution in [0.3, 0.4) is 0 Å². The molecule has 1 unspecified atom stereocenters. The molecule has 0 aromatic heterocycles. The number of rotatable bonds is 62. The number of unbranched alkanes of at least 4 members (excludes halogenated alkanes) is 36. The molecule has 0 aromatic rings. The van der Waals surface area contributed by atoms with E-state index in [-0.39, 0.29) is 31.6 Å². The summed E-state index contributed by atoms with van der Waals surface area (Å²) in [5, 5.41) is 0. The molecule has 6 nitrogen and oxygen atoms in total. The van der Waals surface area contributed by atoms with Gasteiger partial charge in [-0.05, 0) is 83.5 Å². The maximum atomic E-state index is 12.9. The summed E-state index contributed by atoms with van der Waals surface area (Å²) in [5.74, 6) is -1.02. The molecule has 0 aliphatic carbocycles. The summed E-state index contributed by atoms with van der Waals surface area (Å²) in [6.07, 6.45) is 91.7. The molecule has 0 radical (unpaired) electrons. The quantitative estimate of drug-likeness (QED) is 0.0261. The van der Waals surface area contributed by atoms with Crippen molar-refractivity contribution < 1.29 is 28.6 Å². The summed E-state index contributed by atoms with van der Waals surface area (Å²) in [6.45, 7) is 6.47. The van der Waals surface area contributed by atoms with Gasteiger partial charge in [-0.1, -0.05) is 330 Å². The minimum Gasteiger partial charge on any atom is -0.462 e. The summed E-state index contributed by atoms with van der Waals surface area (Å²) in [4.78, 5) is 38.3. The van der Waals surface area contributed by atoms with E-state index in [0.717, 1.165) is 83.5 Å². The van der Waals surface area contributed by atoms with Crippen molar-refractivity contribution in [2.75, 3.05) is 13.2 Å². The molecule has 0 rings (SSSR count). The standard InChI is InChI=1S/C74H128O6/c1-4-7-10-13-16-19-22-25-28-30-32-33-34-35-36-37-38-39-40-41-42-44-46-49-52-55-58-61-64-67-73(76)79-70-71(69-78-72(75)66-63-60-57-54-51-48-45-27-24-21-18-15-12-9-6-3)80-74(77)68-65-62-59-56-53-50-47-43-31-29-26-23-20-17-14-11-8-5-2/h9,12,18,21-22,25,27,30,32,34-35,45,51,54,60,63,71H,4-8,10-11,13-17,19-20,23-24,26,28-29,31,33,36-44,46-50,52-53,55-59,61-62,64-70H2,1-3H3/b12-9-,21-18-,25-22-,32-30-,35-34-,45-27-,54-51-,63-60-. The third-order valence-corrected chi connectivity index (χ3v) is 14.9. The Labute approximate surface area is 496 Å². The molecule has 0 spiro atoms. The lowest BCUT2D eigenvalue weighted by Gasteiger charge is -2.18. The van der Waals surface area contributed by atoms with Gasteiger partial charge in [-0.3, -0.25) is 14.4 Å². The number of allylic oxidation sites excluding steroid dienone is 15. The number of carbonyl (C=O) groups excluding carboxylic acids is 3. The highest BCUT2D eigenvalue weighted by Crippen LogP contribution is 2.17. The van der Waals surface area contributed by atoms with Gasteiger partial charge < -0.3 is 14.2 Å². The molecule has 0 heterocycles. The highest BCUT2D eigenvalue weighted by Gasteiger charge is 2.19. The summed E-state index contributed by atoms with van der Waals surface area (Å²) < 4.78 is 16.9. The number of hydrogen-bond donors (Lipinski definition) is 0. The van der Waals surface area contributed by atoms with Crippen LogP contribution < -0.4 is 0 Å². The molecular formula is C74H128O6. The van der Waals surface area contributed by atoms with Gasteiger partial charge in [0.15, 0.2) is 6.10 Å². The Morgan fingerprint density at radius 1 is 0.275 bits per heavy atom. The van der Waals surface area contributed by atoms with Crippen LogP contribution in [-0.4, -0.2) is 37.2 Å². The Hall–Kier alpha value is -3.67. The van der Waals surface area contributed by atoms with E-state index in [1.807, 2.05) is 6.08 Å². The summed E-state index contributed by atoms with van der Waals surface area (Å²) in [6, 6.07) is 0. The van der Waals surface area contributed by atoms with E-state index in [2.05, 4.69) is 106 Å². The molecule has 6 heteroatoms. The first kappa shape index (κ1) is 76.3. The lowest BCUT2D eigenvalue weighted by Crippen LogP contribution is -2.30. The van der Waals surface area contributed by atoms with E-state index in [1.54, 1.807) is 6.08 Å². The molecule has 460 valence electrons. The number of carbonyl (C=O) groups is 3. The Morgan fingerprint density at radius 2 is 0.537 bits per heavy atom. The van der Waals surface area contributed by atoms with Crippen LogP contribution in [0.4, 0.5) is 0 Å². The van der Waals surface area contributed by atoms with Crippen LogP contribution >= 0.6 is 0 Å². The first-order valence-electron chi connectivity index (χ1n) is 34.2. The third kappa shape index (κ3) is 65.1. The number of esters is 3. The van der Waals surface area contributed by atoms with Crippen molar-refractivity contribution in [3.8, 4) is 0 Å². The van der Waals surface area contributed by atoms with Crippen LogP contribution in [0.5, 0.6) is 0 Å². The SMILES string of the molecule is CC/C=C\C/C=C\C/C=C\C/C=C\C/C=C\CC(=O)OCC(COC(=O)CCCCCCCCCCCCCCCC/C=C\C/C=C\C/C=C\CCCCCCC)OC(=O)CCCCCCCCCCCCCCCCCCCC. The minimum absolute atomic E-state index is 0.105. The van der Waals surface area contributed by atoms with Gasteiger partial charge >= 0.3 is 17.9 Å². The second-order valence-corrected chi connectivity index (χ2v) is 22.7. The second kappa shape index (κ2) is 67.8. The molecular weight excluding hydrogens is 985 g/mol. The first-order chi connectivity index (χ1) is 39.5. The average Bonchev–Trinajstić information content (AvgIpc) is 3.46. The molecule has 0 aromatic carbocycles. The lowest BCUT2D eigenvalue weighted by molar-refractivity contribution is -0.166. The molecule has 0 aliphatic heterocycles. The van der Waals surface area contributed by atoms with Gasteiger partial charge in [0.1, 0.15) is 13.2 Å². The Kier molecular flexibility index (Phi) is 64.7. The fourth-order valence-electron chi connectivity index (χ4n) is 9.76. The monoisotopic (exact) mass is 1110 g/mol. The largest absolute Gasteiger partial charge is 0.462 e. The first-order valence-corrected chi connectivity index (χ1v) is 34.2. The predicted octanol–water partition coefficient (Wildman–Crippen LogP) is 23.6. The third-order valence-electron chi connectivity index (χ3n) is 14.9. The number of ether oxygens (including phenoxy) is 3. The van der Waals surface area contributed by atoms with E-state index in [4.69, 9.17) is 14.2 Å². The van der Waals surface area contributed by atoms with E-state index in [9.17, 15) is 14.4 Å². The van der Waals surface area contributed by atoms with Crippen LogP contribution in [0.2, 0.25) is 0 Å². The van der Waals surface area contributed by atoms with E-state index < -0.39 is 12.1 Å². The van der Waals surface area contributed by atoms with Gasteiger partial charge in [-0.25, -0.2) is 0 Å². The van der Waals surface area contributed by atoms with Gasteiger partial charge in [0, 0.05) is 12.8 Å². The maximum Gasteiger partial charge on any atom is 0.309 e. The summed E-state index contributed by atoms with van der Waals surface area (Å²) in [7, 11) is 0. The average molecular weight is 1110 g/mol. The summed E-state index contributed by atoms with van der Waals surface area (Å²) >= 11 is 0. The van der Waals surface area contributed by atoms with Crippen molar-refractivity contribution in [1.29, 1.82) is 0 Å². The Bertz CT molecular complexity index is 1560. The van der Waals surface area contributed by atoms with Crippen molar-refractivity contribution in [2.24, 2.45) is 0 Å². The molecule has 0 amide bonds. The van der Waals surface area contributed by atoms with Crippen molar-refractivity contribution in [2.45, 2.75) is 341 Å². The molecule has 80 heavy (non-hydrogen) atoms. The van der Waals surface area contributed by atoms with Gasteiger partial charge in [-0.15, -0.1) is 0 Å². The van der Waals surface area contributed by atoms with Gasteiger partial charge in [0.25, 0.3) is 0 Å². The molecule has 0 fully saturated rings. The smallest absolute Gasteiger partial charge is 0.309 e. The van der Waals surface area contributed by atoms with Gasteiger partial charge in [-0.2, -0.15) is 0 Å². The fourth-order valence-corrected chi connectivity index (χ4v) is 9.76. The van der Waals surface area contributed by atoms with Crippen molar-refractivity contribution in [3.63, 3.8) is 0 Å². The lowest BCUT2D eigenvalue weighted by atomic mass is 10.0. The van der Waals surface area contributed by atoms with E-state index in [0.29, 0.717) is 12.8 Å². The predicted molar refractivity (Wildman–Crippen MR) is 348 cm³/mol. The van der Waals surface area contributed by atoms with Gasteiger partial charge in [0.05, 0.1) is 6.42 Å². The van der Waals surface area contributed by atoms with Crippen LogP contribution in [0, 0.1) is 0 Å². The topological polar surface area (TPSA) is 78.9 Å². The van der Waals surface area contributed by atoms with E-state index in [1.165, 1.54) is 212 Å². The van der Waals surface area contributed by atoms with Crippen molar-refractivity contribution in [3.05, 3.63) is 97.2 Å². The Balaban J connectivity index is 4.32. The van der Waals surface area contributed by atoms with Crippen LogP contribution in [0.1, 0.15) is 335 Å². The van der Waals surface area contributed by atoms with Crippen LogP contribution in [0.25, 0.3) is 0 Å².